The summed E-state index contributed by atoms with van der Waals surface area (Å²) in [7, 11) is 0. The molecule has 4 heteroatoms. The van der Waals surface area contributed by atoms with Crippen LogP contribution in [0.4, 0.5) is 0 Å². The second-order valence-electron chi connectivity index (χ2n) is 4.34. The topological polar surface area (TPSA) is 55.8 Å². The van der Waals surface area contributed by atoms with Crippen molar-refractivity contribution in [3.63, 3.8) is 0 Å². The highest BCUT2D eigenvalue weighted by atomic mass is 16.7. The monoisotopic (exact) mass is 220 g/mol. The number of ether oxygens (including phenoxy) is 2. The second kappa shape index (κ2) is 3.22. The number of fused-ring (bicyclic) bond motifs is 1. The van der Waals surface area contributed by atoms with Crippen LogP contribution in [-0.2, 0) is 0 Å². The van der Waals surface area contributed by atoms with Crippen LogP contribution in [0.1, 0.15) is 23.2 Å². The molecule has 4 nitrogen and oxygen atoms in total. The Labute approximate surface area is 92.8 Å². The molecule has 0 unspecified atom stereocenters. The molecular weight excluding hydrogens is 208 g/mol. The Morgan fingerprint density at radius 1 is 1.31 bits per heavy atom. The van der Waals surface area contributed by atoms with Crippen molar-refractivity contribution >= 4 is 5.78 Å². The van der Waals surface area contributed by atoms with Crippen molar-refractivity contribution in [1.29, 1.82) is 0 Å². The molecule has 1 N–H and O–H groups in total. The van der Waals surface area contributed by atoms with Gasteiger partial charge in [-0.05, 0) is 31.0 Å². The maximum atomic E-state index is 12.1. The molecule has 0 atom stereocenters. The van der Waals surface area contributed by atoms with E-state index in [-0.39, 0.29) is 19.2 Å². The molecule has 0 radical (unpaired) electrons. The number of hydrogen-bond donors (Lipinski definition) is 1. The third kappa shape index (κ3) is 1.30. The van der Waals surface area contributed by atoms with Crippen LogP contribution in [0, 0.1) is 5.41 Å². The number of carbonyl (C=O) groups excluding carboxylic acids is 1. The van der Waals surface area contributed by atoms with Gasteiger partial charge in [-0.15, -0.1) is 0 Å². The standard InChI is InChI=1S/C12H12O4/c13-6-12(3-4-12)11(14)8-1-2-9-10(5-8)16-7-15-9/h1-2,5,13H,3-4,6-7H2. The van der Waals surface area contributed by atoms with Crippen molar-refractivity contribution in [1.82, 2.24) is 0 Å². The molecule has 0 spiro atoms. The van der Waals surface area contributed by atoms with Crippen molar-refractivity contribution in [2.45, 2.75) is 12.8 Å². The van der Waals surface area contributed by atoms with Gasteiger partial charge in [0, 0.05) is 5.56 Å². The molecule has 1 fully saturated rings. The van der Waals surface area contributed by atoms with Crippen LogP contribution in [0.3, 0.4) is 0 Å². The van der Waals surface area contributed by atoms with E-state index in [1.807, 2.05) is 0 Å². The molecule has 0 amide bonds. The minimum absolute atomic E-state index is 0.00769. The van der Waals surface area contributed by atoms with Gasteiger partial charge < -0.3 is 14.6 Å². The summed E-state index contributed by atoms with van der Waals surface area (Å²) in [6, 6.07) is 5.16. The summed E-state index contributed by atoms with van der Waals surface area (Å²) in [6.45, 7) is 0.137. The van der Waals surface area contributed by atoms with Gasteiger partial charge in [-0.2, -0.15) is 0 Å². The van der Waals surface area contributed by atoms with E-state index < -0.39 is 5.41 Å². The number of benzene rings is 1. The fourth-order valence-corrected chi connectivity index (χ4v) is 1.95. The first kappa shape index (κ1) is 9.66. The first-order valence-electron chi connectivity index (χ1n) is 5.30. The summed E-state index contributed by atoms with van der Waals surface area (Å²) in [4.78, 5) is 12.1. The molecule has 0 aromatic heterocycles. The van der Waals surface area contributed by atoms with E-state index in [0.29, 0.717) is 17.1 Å². The normalized spacial score (nSPS) is 19.6. The number of rotatable bonds is 3. The number of ketones is 1. The lowest BCUT2D eigenvalue weighted by Gasteiger charge is -2.10. The Morgan fingerprint density at radius 2 is 2.06 bits per heavy atom. The largest absolute Gasteiger partial charge is 0.454 e. The number of hydrogen-bond acceptors (Lipinski definition) is 4. The molecule has 2 aliphatic rings. The molecule has 1 aromatic rings. The molecular formula is C12H12O4. The van der Waals surface area contributed by atoms with Crippen LogP contribution in [-0.4, -0.2) is 24.3 Å². The average Bonchev–Trinajstić information content (AvgIpc) is 2.98. The first-order valence-corrected chi connectivity index (χ1v) is 5.30. The summed E-state index contributed by atoms with van der Waals surface area (Å²) in [5.41, 5.74) is 0.0732. The van der Waals surface area contributed by atoms with Gasteiger partial charge in [0.2, 0.25) is 6.79 Å². The van der Waals surface area contributed by atoms with Gasteiger partial charge in [-0.25, -0.2) is 0 Å². The van der Waals surface area contributed by atoms with Crippen molar-refractivity contribution in [3.05, 3.63) is 23.8 Å². The smallest absolute Gasteiger partial charge is 0.231 e. The predicted molar refractivity (Wildman–Crippen MR) is 55.6 cm³/mol. The number of aliphatic hydroxyl groups is 1. The van der Waals surface area contributed by atoms with E-state index in [0.717, 1.165) is 12.8 Å². The van der Waals surface area contributed by atoms with Crippen LogP contribution < -0.4 is 9.47 Å². The summed E-state index contributed by atoms with van der Waals surface area (Å²) in [5.74, 6) is 1.29. The molecule has 1 aromatic carbocycles. The van der Waals surface area contributed by atoms with Gasteiger partial charge in [-0.3, -0.25) is 4.79 Å². The molecule has 1 aliphatic heterocycles. The lowest BCUT2D eigenvalue weighted by atomic mass is 9.95. The third-order valence-electron chi connectivity index (χ3n) is 3.27. The molecule has 1 saturated carbocycles. The Bertz CT molecular complexity index is 448. The highest BCUT2D eigenvalue weighted by molar-refractivity contribution is 6.02. The second-order valence-corrected chi connectivity index (χ2v) is 4.34. The lowest BCUT2D eigenvalue weighted by Crippen LogP contribution is -2.19. The zero-order valence-corrected chi connectivity index (χ0v) is 8.73. The highest BCUT2D eigenvalue weighted by Crippen LogP contribution is 2.48. The van der Waals surface area contributed by atoms with Crippen LogP contribution in [0.25, 0.3) is 0 Å². The summed E-state index contributed by atoms with van der Waals surface area (Å²) in [5, 5.41) is 9.20. The Morgan fingerprint density at radius 3 is 2.75 bits per heavy atom. The van der Waals surface area contributed by atoms with Gasteiger partial charge in [-0.1, -0.05) is 0 Å². The van der Waals surface area contributed by atoms with Gasteiger partial charge in [0.1, 0.15) is 0 Å². The zero-order valence-electron chi connectivity index (χ0n) is 8.73. The molecule has 16 heavy (non-hydrogen) atoms. The minimum atomic E-state index is -0.520. The highest BCUT2D eigenvalue weighted by Gasteiger charge is 2.49. The molecule has 0 saturated heterocycles. The maximum absolute atomic E-state index is 12.1. The van der Waals surface area contributed by atoms with Crippen LogP contribution in [0.2, 0.25) is 0 Å². The fraction of sp³-hybridized carbons (Fsp3) is 0.417. The molecule has 3 rings (SSSR count). The summed E-state index contributed by atoms with van der Waals surface area (Å²) in [6.07, 6.45) is 1.55. The number of Topliss-reactive ketones (excluding diaryl/α,β-unsaturated/α-hetero) is 1. The van der Waals surface area contributed by atoms with E-state index in [2.05, 4.69) is 0 Å². The van der Waals surface area contributed by atoms with Gasteiger partial charge in [0.25, 0.3) is 0 Å². The summed E-state index contributed by atoms with van der Waals surface area (Å²) >= 11 is 0. The van der Waals surface area contributed by atoms with Gasteiger partial charge >= 0.3 is 0 Å². The first-order chi connectivity index (χ1) is 7.75. The Kier molecular flexibility index (Phi) is 1.94. The van der Waals surface area contributed by atoms with Crippen molar-refractivity contribution in [2.24, 2.45) is 5.41 Å². The van der Waals surface area contributed by atoms with Gasteiger partial charge in [0.05, 0.1) is 12.0 Å². The Hall–Kier alpha value is -1.55. The molecule has 1 heterocycles. The van der Waals surface area contributed by atoms with Crippen molar-refractivity contribution < 1.29 is 19.4 Å². The van der Waals surface area contributed by atoms with Gasteiger partial charge in [0.15, 0.2) is 17.3 Å². The zero-order chi connectivity index (χ0) is 11.2. The van der Waals surface area contributed by atoms with E-state index in [9.17, 15) is 9.90 Å². The van der Waals surface area contributed by atoms with Crippen molar-refractivity contribution in [3.8, 4) is 11.5 Å². The lowest BCUT2D eigenvalue weighted by molar-refractivity contribution is 0.0829. The van der Waals surface area contributed by atoms with E-state index in [1.165, 1.54) is 0 Å². The van der Waals surface area contributed by atoms with Crippen LogP contribution >= 0.6 is 0 Å². The van der Waals surface area contributed by atoms with E-state index in [1.54, 1.807) is 18.2 Å². The van der Waals surface area contributed by atoms with Crippen LogP contribution in [0.15, 0.2) is 18.2 Å². The van der Waals surface area contributed by atoms with E-state index in [4.69, 9.17) is 9.47 Å². The third-order valence-corrected chi connectivity index (χ3v) is 3.27. The van der Waals surface area contributed by atoms with E-state index >= 15 is 0 Å². The minimum Gasteiger partial charge on any atom is -0.454 e. The molecule has 84 valence electrons. The molecule has 0 bridgehead atoms. The fourth-order valence-electron chi connectivity index (χ4n) is 1.95. The quantitative estimate of drug-likeness (QED) is 0.782. The Balaban J connectivity index is 1.93. The number of carbonyl (C=O) groups is 1. The summed E-state index contributed by atoms with van der Waals surface area (Å²) < 4.78 is 10.4. The molecule has 1 aliphatic carbocycles. The van der Waals surface area contributed by atoms with Crippen LogP contribution in [0.5, 0.6) is 11.5 Å². The SMILES string of the molecule is O=C(c1ccc2c(c1)OCO2)C1(CO)CC1. The number of aliphatic hydroxyl groups excluding tert-OH is 1. The maximum Gasteiger partial charge on any atom is 0.231 e. The predicted octanol–water partition coefficient (Wildman–Crippen LogP) is 1.37. The average molecular weight is 220 g/mol. The van der Waals surface area contributed by atoms with Crippen molar-refractivity contribution in [2.75, 3.05) is 13.4 Å².